The third-order valence-electron chi connectivity index (χ3n) is 5.91. The van der Waals surface area contributed by atoms with E-state index in [9.17, 15) is 13.2 Å². The number of benzene rings is 1. The van der Waals surface area contributed by atoms with Gasteiger partial charge < -0.3 is 5.32 Å². The fourth-order valence-electron chi connectivity index (χ4n) is 3.96. The third kappa shape index (κ3) is 4.70. The molecule has 1 aliphatic rings. The molecule has 2 aromatic heterocycles. The predicted octanol–water partition coefficient (Wildman–Crippen LogP) is 6.45. The normalized spacial score (nSPS) is 16.6. The van der Waals surface area contributed by atoms with Crippen molar-refractivity contribution in [2.24, 2.45) is 11.3 Å². The highest BCUT2D eigenvalue weighted by Crippen LogP contribution is 2.40. The number of anilines is 2. The summed E-state index contributed by atoms with van der Waals surface area (Å²) in [6.07, 6.45) is 1.75. The van der Waals surface area contributed by atoms with Crippen LogP contribution in [0.3, 0.4) is 0 Å². The van der Waals surface area contributed by atoms with Crippen LogP contribution in [0.15, 0.2) is 48.8 Å². The molecule has 0 saturated carbocycles. The van der Waals surface area contributed by atoms with Crippen LogP contribution in [0.2, 0.25) is 0 Å². The first kappa shape index (κ1) is 21.3. The molecule has 0 fully saturated rings. The van der Waals surface area contributed by atoms with E-state index in [4.69, 9.17) is 9.97 Å². The molecule has 31 heavy (non-hydrogen) atoms. The minimum atomic E-state index is -4.36. The number of rotatable bonds is 3. The maximum atomic E-state index is 12.9. The van der Waals surface area contributed by atoms with Crippen LogP contribution >= 0.6 is 0 Å². The van der Waals surface area contributed by atoms with Crippen molar-refractivity contribution in [1.29, 1.82) is 0 Å². The Balaban J connectivity index is 1.74. The van der Waals surface area contributed by atoms with E-state index in [-0.39, 0.29) is 5.41 Å². The van der Waals surface area contributed by atoms with Crippen molar-refractivity contribution in [2.75, 3.05) is 5.32 Å². The molecular weight excluding hydrogens is 401 g/mol. The number of halogens is 3. The summed E-state index contributed by atoms with van der Waals surface area (Å²) in [6.45, 7) is 6.70. The SMILES string of the molecule is CC(C)(C)[C@@H]1CCc2nc(-c3ccncc3)nc(Nc3ccc(C(F)(F)F)cc3)c2C1. The summed E-state index contributed by atoms with van der Waals surface area (Å²) >= 11 is 0. The average Bonchev–Trinajstić information content (AvgIpc) is 2.73. The Bertz CT molecular complexity index is 1060. The maximum absolute atomic E-state index is 12.9. The lowest BCUT2D eigenvalue weighted by Gasteiger charge is -2.35. The molecule has 4 rings (SSSR count). The second-order valence-corrected chi connectivity index (χ2v) is 9.06. The second kappa shape index (κ2) is 7.94. The van der Waals surface area contributed by atoms with Crippen LogP contribution in [-0.2, 0) is 19.0 Å². The van der Waals surface area contributed by atoms with E-state index in [2.05, 4.69) is 31.1 Å². The number of aromatic nitrogens is 3. The van der Waals surface area contributed by atoms with Crippen LogP contribution < -0.4 is 5.32 Å². The van der Waals surface area contributed by atoms with E-state index < -0.39 is 11.7 Å². The summed E-state index contributed by atoms with van der Waals surface area (Å²) in [6, 6.07) is 8.74. The first-order chi connectivity index (χ1) is 14.6. The Morgan fingerprint density at radius 2 is 1.61 bits per heavy atom. The van der Waals surface area contributed by atoms with Gasteiger partial charge in [0.05, 0.1) is 5.56 Å². The molecule has 0 spiro atoms. The molecular formula is C24H25F3N4. The zero-order chi connectivity index (χ0) is 22.2. The Labute approximate surface area is 180 Å². The summed E-state index contributed by atoms with van der Waals surface area (Å²) in [5.74, 6) is 1.72. The molecule has 162 valence electrons. The van der Waals surface area contributed by atoms with E-state index in [0.717, 1.165) is 48.2 Å². The van der Waals surface area contributed by atoms with Gasteiger partial charge in [0, 0.05) is 34.9 Å². The molecule has 0 aliphatic heterocycles. The van der Waals surface area contributed by atoms with Gasteiger partial charge in [-0.05, 0) is 67.0 Å². The van der Waals surface area contributed by atoms with Crippen LogP contribution in [0.1, 0.15) is 44.0 Å². The molecule has 0 radical (unpaired) electrons. The van der Waals surface area contributed by atoms with E-state index in [1.54, 1.807) is 12.4 Å². The molecule has 0 saturated heterocycles. The number of nitrogens with one attached hydrogen (secondary N) is 1. The van der Waals surface area contributed by atoms with Gasteiger partial charge in [0.25, 0.3) is 0 Å². The van der Waals surface area contributed by atoms with E-state index >= 15 is 0 Å². The van der Waals surface area contributed by atoms with E-state index in [1.807, 2.05) is 12.1 Å². The van der Waals surface area contributed by atoms with Gasteiger partial charge >= 0.3 is 6.18 Å². The van der Waals surface area contributed by atoms with Crippen molar-refractivity contribution in [2.45, 2.75) is 46.2 Å². The number of hydrogen-bond donors (Lipinski definition) is 1. The highest BCUT2D eigenvalue weighted by molar-refractivity contribution is 5.65. The Kier molecular flexibility index (Phi) is 5.45. The Morgan fingerprint density at radius 1 is 0.935 bits per heavy atom. The molecule has 1 aromatic carbocycles. The average molecular weight is 426 g/mol. The minimum Gasteiger partial charge on any atom is -0.340 e. The fourth-order valence-corrected chi connectivity index (χ4v) is 3.96. The number of fused-ring (bicyclic) bond motifs is 1. The van der Waals surface area contributed by atoms with Crippen LogP contribution in [0.5, 0.6) is 0 Å². The lowest BCUT2D eigenvalue weighted by atomic mass is 9.71. The first-order valence-corrected chi connectivity index (χ1v) is 10.4. The molecule has 3 aromatic rings. The molecule has 1 aliphatic carbocycles. The number of pyridine rings is 1. The van der Waals surface area contributed by atoms with E-state index in [0.29, 0.717) is 23.2 Å². The molecule has 2 heterocycles. The predicted molar refractivity (Wildman–Crippen MR) is 115 cm³/mol. The quantitative estimate of drug-likeness (QED) is 0.523. The fraction of sp³-hybridized carbons (Fsp3) is 0.375. The molecule has 0 unspecified atom stereocenters. The van der Waals surface area contributed by atoms with Crippen molar-refractivity contribution >= 4 is 11.5 Å². The van der Waals surface area contributed by atoms with Crippen molar-refractivity contribution < 1.29 is 13.2 Å². The summed E-state index contributed by atoms with van der Waals surface area (Å²) in [7, 11) is 0. The van der Waals surface area contributed by atoms with Crippen molar-refractivity contribution in [3.05, 3.63) is 65.6 Å². The van der Waals surface area contributed by atoms with Crippen molar-refractivity contribution in [1.82, 2.24) is 15.0 Å². The van der Waals surface area contributed by atoms with Crippen LogP contribution in [0, 0.1) is 11.3 Å². The molecule has 1 atom stereocenters. The highest BCUT2D eigenvalue weighted by Gasteiger charge is 2.32. The topological polar surface area (TPSA) is 50.7 Å². The molecule has 0 amide bonds. The van der Waals surface area contributed by atoms with Gasteiger partial charge in [0.2, 0.25) is 0 Å². The number of aryl methyl sites for hydroxylation is 1. The molecule has 1 N–H and O–H groups in total. The van der Waals surface area contributed by atoms with Crippen molar-refractivity contribution in [3.63, 3.8) is 0 Å². The summed E-state index contributed by atoms with van der Waals surface area (Å²) in [5, 5.41) is 3.26. The number of hydrogen-bond acceptors (Lipinski definition) is 4. The standard InChI is InChI=1S/C24H25F3N4/c1-23(2,3)17-6-9-20-19(14-17)22(31-21(30-20)15-10-12-28-13-11-15)29-18-7-4-16(5-8-18)24(25,26)27/h4-5,7-8,10-13,17H,6,9,14H2,1-3H3,(H,29,30,31)/t17-/m1/s1. The van der Waals surface area contributed by atoms with E-state index in [1.165, 1.54) is 12.1 Å². The monoisotopic (exact) mass is 426 g/mol. The maximum Gasteiger partial charge on any atom is 0.416 e. The summed E-state index contributed by atoms with van der Waals surface area (Å²) in [4.78, 5) is 13.6. The Morgan fingerprint density at radius 3 is 2.23 bits per heavy atom. The lowest BCUT2D eigenvalue weighted by molar-refractivity contribution is -0.137. The van der Waals surface area contributed by atoms with Gasteiger partial charge in [0.15, 0.2) is 5.82 Å². The van der Waals surface area contributed by atoms with Gasteiger partial charge in [-0.2, -0.15) is 13.2 Å². The molecule has 0 bridgehead atoms. The van der Waals surface area contributed by atoms with Gasteiger partial charge in [-0.1, -0.05) is 20.8 Å². The zero-order valence-electron chi connectivity index (χ0n) is 17.8. The van der Waals surface area contributed by atoms with Crippen LogP contribution in [-0.4, -0.2) is 15.0 Å². The van der Waals surface area contributed by atoms with Crippen LogP contribution in [0.4, 0.5) is 24.7 Å². The van der Waals surface area contributed by atoms with Gasteiger partial charge in [-0.25, -0.2) is 9.97 Å². The molecule has 7 heteroatoms. The van der Waals surface area contributed by atoms with Gasteiger partial charge in [-0.3, -0.25) is 4.98 Å². The first-order valence-electron chi connectivity index (χ1n) is 10.4. The summed E-state index contributed by atoms with van der Waals surface area (Å²) < 4.78 is 38.8. The van der Waals surface area contributed by atoms with Gasteiger partial charge in [0.1, 0.15) is 5.82 Å². The number of nitrogens with zero attached hydrogens (tertiary/aromatic N) is 3. The van der Waals surface area contributed by atoms with Crippen LogP contribution in [0.25, 0.3) is 11.4 Å². The molecule has 4 nitrogen and oxygen atoms in total. The zero-order valence-corrected chi connectivity index (χ0v) is 17.8. The van der Waals surface area contributed by atoms with Crippen molar-refractivity contribution in [3.8, 4) is 11.4 Å². The third-order valence-corrected chi connectivity index (χ3v) is 5.91. The minimum absolute atomic E-state index is 0.146. The number of alkyl halides is 3. The smallest absolute Gasteiger partial charge is 0.340 e. The Hall–Kier alpha value is -2.96. The summed E-state index contributed by atoms with van der Waals surface area (Å²) in [5.41, 5.74) is 2.93. The second-order valence-electron chi connectivity index (χ2n) is 9.06. The largest absolute Gasteiger partial charge is 0.416 e. The van der Waals surface area contributed by atoms with Gasteiger partial charge in [-0.15, -0.1) is 0 Å². The highest BCUT2D eigenvalue weighted by atomic mass is 19.4. The lowest BCUT2D eigenvalue weighted by Crippen LogP contribution is -2.28.